The number of nitrogens with one attached hydrogen (secondary N) is 1. The van der Waals surface area contributed by atoms with E-state index in [2.05, 4.69) is 10.2 Å². The number of ether oxygens (including phenoxy) is 2. The van der Waals surface area contributed by atoms with Gasteiger partial charge in [-0.1, -0.05) is 18.2 Å². The molecule has 1 aliphatic rings. The SMILES string of the molecule is NC(=O)N(CC1COc2ccccc2O1)c1cccc2[nH]ncc12. The molecule has 1 aromatic heterocycles. The number of hydrogen-bond acceptors (Lipinski definition) is 4. The van der Waals surface area contributed by atoms with Crippen LogP contribution in [-0.4, -0.2) is 35.5 Å². The average Bonchev–Trinajstić information content (AvgIpc) is 3.08. The largest absolute Gasteiger partial charge is 0.486 e. The molecule has 0 fully saturated rings. The molecular formula is C17H16N4O3. The molecule has 3 aromatic rings. The highest BCUT2D eigenvalue weighted by Gasteiger charge is 2.26. The summed E-state index contributed by atoms with van der Waals surface area (Å²) in [6.07, 6.45) is 1.36. The van der Waals surface area contributed by atoms with Gasteiger partial charge in [0, 0.05) is 5.39 Å². The predicted octanol–water partition coefficient (Wildman–Crippen LogP) is 2.29. The van der Waals surface area contributed by atoms with Crippen LogP contribution in [0.4, 0.5) is 10.5 Å². The Hall–Kier alpha value is -3.22. The summed E-state index contributed by atoms with van der Waals surface area (Å²) in [4.78, 5) is 13.5. The van der Waals surface area contributed by atoms with Crippen LogP contribution < -0.4 is 20.1 Å². The van der Waals surface area contributed by atoms with Crippen molar-refractivity contribution < 1.29 is 14.3 Å². The number of hydrogen-bond donors (Lipinski definition) is 2. The molecule has 4 rings (SSSR count). The molecule has 1 aliphatic heterocycles. The van der Waals surface area contributed by atoms with Gasteiger partial charge in [0.25, 0.3) is 0 Å². The first-order chi connectivity index (χ1) is 11.7. The smallest absolute Gasteiger partial charge is 0.319 e. The lowest BCUT2D eigenvalue weighted by molar-refractivity contribution is 0.0961. The Morgan fingerprint density at radius 3 is 2.92 bits per heavy atom. The number of fused-ring (bicyclic) bond motifs is 2. The molecule has 24 heavy (non-hydrogen) atoms. The standard InChI is InChI=1S/C17H16N4O3/c18-17(22)21(14-5-3-4-13-12(14)8-19-20-13)9-11-10-23-15-6-1-2-7-16(15)24-11/h1-8,11H,9-10H2,(H2,18,22)(H,19,20). The topological polar surface area (TPSA) is 93.5 Å². The van der Waals surface area contributed by atoms with Gasteiger partial charge in [0.05, 0.1) is 23.9 Å². The van der Waals surface area contributed by atoms with Crippen molar-refractivity contribution in [2.45, 2.75) is 6.10 Å². The van der Waals surface area contributed by atoms with Crippen molar-refractivity contribution in [2.24, 2.45) is 5.73 Å². The lowest BCUT2D eigenvalue weighted by Gasteiger charge is -2.30. The van der Waals surface area contributed by atoms with Gasteiger partial charge in [0.1, 0.15) is 6.61 Å². The van der Waals surface area contributed by atoms with Crippen LogP contribution in [0.1, 0.15) is 0 Å². The Labute approximate surface area is 138 Å². The van der Waals surface area contributed by atoms with Gasteiger partial charge in [-0.05, 0) is 24.3 Å². The van der Waals surface area contributed by atoms with Crippen LogP contribution in [0.3, 0.4) is 0 Å². The van der Waals surface area contributed by atoms with Crippen LogP contribution in [0.5, 0.6) is 11.5 Å². The number of nitrogens with zero attached hydrogens (tertiary/aromatic N) is 2. The monoisotopic (exact) mass is 324 g/mol. The van der Waals surface area contributed by atoms with Crippen LogP contribution >= 0.6 is 0 Å². The quantitative estimate of drug-likeness (QED) is 0.773. The van der Waals surface area contributed by atoms with E-state index in [4.69, 9.17) is 15.2 Å². The number of H-pyrrole nitrogens is 1. The summed E-state index contributed by atoms with van der Waals surface area (Å²) in [5, 5.41) is 7.73. The number of amides is 2. The first-order valence-corrected chi connectivity index (χ1v) is 7.60. The molecule has 0 radical (unpaired) electrons. The molecule has 2 aromatic carbocycles. The van der Waals surface area contributed by atoms with Gasteiger partial charge in [0.15, 0.2) is 17.6 Å². The van der Waals surface area contributed by atoms with E-state index >= 15 is 0 Å². The molecule has 2 heterocycles. The Kier molecular flexibility index (Phi) is 3.45. The third kappa shape index (κ3) is 2.50. The summed E-state index contributed by atoms with van der Waals surface area (Å²) in [5.74, 6) is 1.37. The molecule has 0 saturated carbocycles. The summed E-state index contributed by atoms with van der Waals surface area (Å²) < 4.78 is 11.6. The second-order valence-electron chi connectivity index (χ2n) is 5.55. The van der Waals surface area contributed by atoms with Crippen molar-refractivity contribution in [1.29, 1.82) is 0 Å². The van der Waals surface area contributed by atoms with E-state index in [0.29, 0.717) is 23.8 Å². The van der Waals surface area contributed by atoms with Gasteiger partial charge >= 0.3 is 6.03 Å². The molecule has 0 spiro atoms. The molecule has 0 bridgehead atoms. The zero-order valence-electron chi connectivity index (χ0n) is 12.8. The molecule has 7 nitrogen and oxygen atoms in total. The minimum atomic E-state index is -0.550. The number of primary amides is 1. The van der Waals surface area contributed by atoms with Gasteiger partial charge in [-0.2, -0.15) is 5.10 Å². The molecule has 0 aliphatic carbocycles. The molecule has 3 N–H and O–H groups in total. The van der Waals surface area contributed by atoms with Gasteiger partial charge in [0.2, 0.25) is 0 Å². The van der Waals surface area contributed by atoms with Crippen molar-refractivity contribution >= 4 is 22.6 Å². The van der Waals surface area contributed by atoms with Gasteiger partial charge in [-0.25, -0.2) is 4.79 Å². The summed E-state index contributed by atoms with van der Waals surface area (Å²) in [6, 6.07) is 12.5. The molecular weight excluding hydrogens is 308 g/mol. The number of para-hydroxylation sites is 2. The minimum absolute atomic E-state index is 0.286. The van der Waals surface area contributed by atoms with Crippen LogP contribution in [0.15, 0.2) is 48.7 Å². The second kappa shape index (κ2) is 5.77. The van der Waals surface area contributed by atoms with Crippen molar-refractivity contribution in [3.63, 3.8) is 0 Å². The maximum atomic E-state index is 12.0. The first kappa shape index (κ1) is 14.4. The number of carbonyl (C=O) groups excluding carboxylic acids is 1. The van der Waals surface area contributed by atoms with Crippen molar-refractivity contribution in [2.75, 3.05) is 18.1 Å². The number of rotatable bonds is 3. The minimum Gasteiger partial charge on any atom is -0.486 e. The van der Waals surface area contributed by atoms with Gasteiger partial charge in [-0.15, -0.1) is 0 Å². The summed E-state index contributed by atoms with van der Waals surface area (Å²) in [7, 11) is 0. The van der Waals surface area contributed by atoms with E-state index < -0.39 is 6.03 Å². The number of nitrogens with two attached hydrogens (primary N) is 1. The molecule has 122 valence electrons. The number of urea groups is 1. The van der Waals surface area contributed by atoms with E-state index in [1.54, 1.807) is 6.20 Å². The number of aromatic amines is 1. The Balaban J connectivity index is 1.61. The molecule has 1 unspecified atom stereocenters. The predicted molar refractivity (Wildman–Crippen MR) is 89.4 cm³/mol. The van der Waals surface area contributed by atoms with Crippen molar-refractivity contribution in [1.82, 2.24) is 10.2 Å². The van der Waals surface area contributed by atoms with Gasteiger partial charge < -0.3 is 15.2 Å². The van der Waals surface area contributed by atoms with E-state index in [1.165, 1.54) is 4.90 Å². The fourth-order valence-corrected chi connectivity index (χ4v) is 2.85. The fourth-order valence-electron chi connectivity index (χ4n) is 2.85. The van der Waals surface area contributed by atoms with Crippen LogP contribution in [0.2, 0.25) is 0 Å². The average molecular weight is 324 g/mol. The number of aromatic nitrogens is 2. The normalized spacial score (nSPS) is 16.1. The number of anilines is 1. The number of carbonyl (C=O) groups is 1. The summed E-state index contributed by atoms with van der Waals surface area (Å²) in [5.41, 5.74) is 7.13. The van der Waals surface area contributed by atoms with Crippen molar-refractivity contribution in [3.05, 3.63) is 48.7 Å². The Morgan fingerprint density at radius 1 is 1.25 bits per heavy atom. The molecule has 2 amide bonds. The Bertz CT molecular complexity index is 892. The van der Waals surface area contributed by atoms with E-state index in [9.17, 15) is 4.79 Å². The third-order valence-electron chi connectivity index (χ3n) is 3.97. The second-order valence-corrected chi connectivity index (χ2v) is 5.55. The van der Waals surface area contributed by atoms with E-state index in [-0.39, 0.29) is 12.6 Å². The zero-order chi connectivity index (χ0) is 16.5. The van der Waals surface area contributed by atoms with Crippen LogP contribution in [0.25, 0.3) is 10.9 Å². The number of benzene rings is 2. The summed E-state index contributed by atoms with van der Waals surface area (Å²) in [6.45, 7) is 0.635. The van der Waals surface area contributed by atoms with E-state index in [1.807, 2.05) is 42.5 Å². The molecule has 7 heteroatoms. The lowest BCUT2D eigenvalue weighted by Crippen LogP contribution is -2.46. The Morgan fingerprint density at radius 2 is 2.08 bits per heavy atom. The fraction of sp³-hybridized carbons (Fsp3) is 0.176. The maximum Gasteiger partial charge on any atom is 0.319 e. The van der Waals surface area contributed by atoms with Crippen LogP contribution in [-0.2, 0) is 0 Å². The highest BCUT2D eigenvalue weighted by Crippen LogP contribution is 2.32. The van der Waals surface area contributed by atoms with Crippen LogP contribution in [0, 0.1) is 0 Å². The highest BCUT2D eigenvalue weighted by molar-refractivity contribution is 6.01. The lowest BCUT2D eigenvalue weighted by atomic mass is 10.2. The molecule has 1 atom stereocenters. The van der Waals surface area contributed by atoms with Gasteiger partial charge in [-0.3, -0.25) is 10.00 Å². The highest BCUT2D eigenvalue weighted by atomic mass is 16.6. The first-order valence-electron chi connectivity index (χ1n) is 7.60. The summed E-state index contributed by atoms with van der Waals surface area (Å²) >= 11 is 0. The zero-order valence-corrected chi connectivity index (χ0v) is 12.8. The van der Waals surface area contributed by atoms with Crippen molar-refractivity contribution in [3.8, 4) is 11.5 Å². The maximum absolute atomic E-state index is 12.0. The molecule has 0 saturated heterocycles. The third-order valence-corrected chi connectivity index (χ3v) is 3.97. The van der Waals surface area contributed by atoms with E-state index in [0.717, 1.165) is 10.9 Å².